The van der Waals surface area contributed by atoms with E-state index in [-0.39, 0.29) is 43.4 Å². The first kappa shape index (κ1) is 33.5. The van der Waals surface area contributed by atoms with Gasteiger partial charge in [-0.2, -0.15) is 8.42 Å². The number of aliphatic hydroxyl groups excluding tert-OH is 1. The summed E-state index contributed by atoms with van der Waals surface area (Å²) in [5.41, 5.74) is -1.49. The maximum Gasteiger partial charge on any atom is 0.410 e. The van der Waals surface area contributed by atoms with Crippen molar-refractivity contribution in [3.8, 4) is 0 Å². The third-order valence-electron chi connectivity index (χ3n) is 8.37. The first-order valence-corrected chi connectivity index (χ1v) is 16.5. The number of alkyl carbamates (subject to hydrolysis) is 1. The van der Waals surface area contributed by atoms with Crippen LogP contribution in [0.4, 0.5) is 9.59 Å². The average Bonchev–Trinajstić information content (AvgIpc) is 3.49. The van der Waals surface area contributed by atoms with E-state index in [9.17, 15) is 37.3 Å². The van der Waals surface area contributed by atoms with Gasteiger partial charge in [-0.3, -0.25) is 14.1 Å². The minimum absolute atomic E-state index is 0.0717. The molecule has 2 bridgehead atoms. The molecule has 0 spiro atoms. The minimum Gasteiger partial charge on any atom is -0.446 e. The predicted octanol–water partition coefficient (Wildman–Crippen LogP) is 1.68. The summed E-state index contributed by atoms with van der Waals surface area (Å²) in [4.78, 5) is 52.9. The summed E-state index contributed by atoms with van der Waals surface area (Å²) >= 11 is 0. The van der Waals surface area contributed by atoms with E-state index in [1.807, 2.05) is 44.2 Å². The Kier molecular flexibility index (Phi) is 11.1. The van der Waals surface area contributed by atoms with E-state index in [4.69, 9.17) is 9.47 Å². The molecule has 244 valence electrons. The van der Waals surface area contributed by atoms with Crippen LogP contribution in [0.3, 0.4) is 0 Å². The third kappa shape index (κ3) is 8.82. The number of nitrogens with zero attached hydrogens (tertiary/aromatic N) is 1. The molecule has 4 amide bonds. The zero-order valence-electron chi connectivity index (χ0n) is 24.9. The van der Waals surface area contributed by atoms with Crippen LogP contribution in [0.15, 0.2) is 30.3 Å². The van der Waals surface area contributed by atoms with Gasteiger partial charge in [0.05, 0.1) is 6.04 Å². The molecule has 44 heavy (non-hydrogen) atoms. The highest BCUT2D eigenvalue weighted by Crippen LogP contribution is 2.37. The van der Waals surface area contributed by atoms with Crippen molar-refractivity contribution >= 4 is 34.1 Å². The lowest BCUT2D eigenvalue weighted by Crippen LogP contribution is -2.55. The highest BCUT2D eigenvalue weighted by atomic mass is 32.2. The Hall–Kier alpha value is -3.43. The Balaban J connectivity index is 1.34. The van der Waals surface area contributed by atoms with Crippen LogP contribution < -0.4 is 16.0 Å². The molecular formula is C29H42N4O10S. The van der Waals surface area contributed by atoms with Crippen molar-refractivity contribution < 1.29 is 46.7 Å². The molecule has 0 saturated carbocycles. The number of hydrogen-bond acceptors (Lipinski definition) is 9. The zero-order valence-corrected chi connectivity index (χ0v) is 25.7. The zero-order chi connectivity index (χ0) is 32.0. The number of hydrogen-bond donors (Lipinski definition) is 5. The van der Waals surface area contributed by atoms with Crippen LogP contribution in [0.25, 0.3) is 0 Å². The Morgan fingerprint density at radius 1 is 1.07 bits per heavy atom. The van der Waals surface area contributed by atoms with E-state index in [0.717, 1.165) is 18.4 Å². The Bertz CT molecular complexity index is 1280. The van der Waals surface area contributed by atoms with Crippen molar-refractivity contribution in [2.24, 2.45) is 11.8 Å². The molecule has 0 aliphatic carbocycles. The molecule has 5 N–H and O–H groups in total. The van der Waals surface area contributed by atoms with Gasteiger partial charge in [-0.15, -0.1) is 0 Å². The van der Waals surface area contributed by atoms with Gasteiger partial charge in [-0.05, 0) is 43.6 Å². The fourth-order valence-corrected chi connectivity index (χ4v) is 6.85. The van der Waals surface area contributed by atoms with Gasteiger partial charge >= 0.3 is 12.2 Å². The van der Waals surface area contributed by atoms with Gasteiger partial charge in [0.1, 0.15) is 18.8 Å². The van der Waals surface area contributed by atoms with Crippen LogP contribution in [0, 0.1) is 11.8 Å². The smallest absolute Gasteiger partial charge is 0.410 e. The predicted molar refractivity (Wildman–Crippen MR) is 156 cm³/mol. The third-order valence-corrected chi connectivity index (χ3v) is 9.31. The Morgan fingerprint density at radius 3 is 2.30 bits per heavy atom. The maximum atomic E-state index is 13.3. The van der Waals surface area contributed by atoms with Crippen molar-refractivity contribution in [2.75, 3.05) is 6.54 Å². The average molecular weight is 639 g/mol. The number of aliphatic hydroxyl groups is 1. The lowest BCUT2D eigenvalue weighted by molar-refractivity contribution is -0.126. The van der Waals surface area contributed by atoms with Gasteiger partial charge in [0.2, 0.25) is 17.3 Å². The van der Waals surface area contributed by atoms with Crippen LogP contribution in [0.1, 0.15) is 64.4 Å². The van der Waals surface area contributed by atoms with E-state index in [0.29, 0.717) is 25.8 Å². The lowest BCUT2D eigenvalue weighted by atomic mass is 9.97. The number of ether oxygens (including phenoxy) is 2. The Morgan fingerprint density at radius 2 is 1.73 bits per heavy atom. The molecule has 4 rings (SSSR count). The summed E-state index contributed by atoms with van der Waals surface area (Å²) in [6, 6.07) is 6.41. The van der Waals surface area contributed by atoms with Crippen LogP contribution >= 0.6 is 0 Å². The van der Waals surface area contributed by atoms with Crippen molar-refractivity contribution in [1.82, 2.24) is 20.9 Å². The van der Waals surface area contributed by atoms with E-state index >= 15 is 0 Å². The second-order valence-electron chi connectivity index (χ2n) is 12.2. The van der Waals surface area contributed by atoms with E-state index in [2.05, 4.69) is 16.0 Å². The minimum atomic E-state index is -4.97. The number of rotatable bonds is 12. The van der Waals surface area contributed by atoms with Crippen molar-refractivity contribution in [1.29, 1.82) is 0 Å². The van der Waals surface area contributed by atoms with Gasteiger partial charge in [0.25, 0.3) is 10.1 Å². The first-order valence-electron chi connectivity index (χ1n) is 15.0. The van der Waals surface area contributed by atoms with Crippen molar-refractivity contribution in [2.45, 2.75) is 101 Å². The second kappa shape index (κ2) is 14.6. The molecule has 0 radical (unpaired) electrons. The maximum absolute atomic E-state index is 13.3. The number of carbonyl (C=O) groups is 4. The molecule has 3 fully saturated rings. The SMILES string of the molecule is CC(C)C[C@H](NC(=O)OC1C[C@H]2CC[C@@H](C1)N2C(=O)OCc1ccccc1)C(=O)N[C@@H](C[C@@H]1CCNC1=O)C(O)S(=O)(=O)O. The molecule has 1 aromatic rings. The quantitative estimate of drug-likeness (QED) is 0.210. The number of nitrogens with one attached hydrogen (secondary N) is 3. The molecule has 1 aromatic carbocycles. The standard InChI is InChI=1S/C29H42N4O10S/c1-17(2)12-23(26(35)31-24(27(36)44(39,40)41)13-19-10-11-30-25(19)34)32-28(37)43-22-14-20-8-9-21(15-22)33(20)29(38)42-16-18-6-4-3-5-7-18/h3-7,17,19-24,27,36H,8-16H2,1-2H3,(H,30,34)(H,31,35)(H,32,37)(H,39,40,41)/t19-,20-,21+,22?,23-,24-,27?/m0/s1. The van der Waals surface area contributed by atoms with Gasteiger partial charge in [0, 0.05) is 37.4 Å². The molecule has 3 heterocycles. The van der Waals surface area contributed by atoms with Crippen molar-refractivity contribution in [3.05, 3.63) is 35.9 Å². The largest absolute Gasteiger partial charge is 0.446 e. The van der Waals surface area contributed by atoms with E-state index in [1.165, 1.54) is 0 Å². The molecule has 14 nitrogen and oxygen atoms in total. The number of piperidine rings is 1. The lowest BCUT2D eigenvalue weighted by Gasteiger charge is -2.37. The number of benzene rings is 1. The van der Waals surface area contributed by atoms with Gasteiger partial charge in [-0.25, -0.2) is 9.59 Å². The van der Waals surface area contributed by atoms with Gasteiger partial charge in [0.15, 0.2) is 0 Å². The van der Waals surface area contributed by atoms with Crippen LogP contribution in [-0.2, 0) is 35.8 Å². The summed E-state index contributed by atoms with van der Waals surface area (Å²) < 4.78 is 44.1. The van der Waals surface area contributed by atoms with E-state index in [1.54, 1.807) is 4.90 Å². The molecule has 3 aliphatic rings. The summed E-state index contributed by atoms with van der Waals surface area (Å²) in [7, 11) is -4.97. The number of carbonyl (C=O) groups excluding carboxylic acids is 4. The first-order chi connectivity index (χ1) is 20.8. The molecule has 0 aromatic heterocycles. The second-order valence-corrected chi connectivity index (χ2v) is 13.7. The summed E-state index contributed by atoms with van der Waals surface area (Å²) in [5.74, 6) is -1.89. The number of amides is 4. The highest BCUT2D eigenvalue weighted by Gasteiger charge is 2.45. The molecule has 2 unspecified atom stereocenters. The molecular weight excluding hydrogens is 596 g/mol. The topological polar surface area (TPSA) is 201 Å². The van der Waals surface area contributed by atoms with Crippen LogP contribution in [0.5, 0.6) is 0 Å². The fourth-order valence-electron chi connectivity index (χ4n) is 6.26. The molecule has 3 aliphatic heterocycles. The fraction of sp³-hybridized carbons (Fsp3) is 0.655. The van der Waals surface area contributed by atoms with E-state index < -0.39 is 57.8 Å². The summed E-state index contributed by atoms with van der Waals surface area (Å²) in [6.07, 6.45) is 0.881. The normalized spacial score (nSPS) is 25.1. The molecule has 7 atom stereocenters. The number of fused-ring (bicyclic) bond motifs is 2. The van der Waals surface area contributed by atoms with Crippen molar-refractivity contribution in [3.63, 3.8) is 0 Å². The van der Waals surface area contributed by atoms with Crippen LogP contribution in [-0.4, -0.2) is 89.2 Å². The molecule has 3 saturated heterocycles. The monoisotopic (exact) mass is 638 g/mol. The molecule has 15 heteroatoms. The van der Waals surface area contributed by atoms with Crippen LogP contribution in [0.2, 0.25) is 0 Å². The summed E-state index contributed by atoms with van der Waals surface area (Å²) in [6.45, 7) is 4.17. The highest BCUT2D eigenvalue weighted by molar-refractivity contribution is 7.86. The van der Waals surface area contributed by atoms with Gasteiger partial charge in [-0.1, -0.05) is 44.2 Å². The van der Waals surface area contributed by atoms with Gasteiger partial charge < -0.3 is 35.4 Å². The summed E-state index contributed by atoms with van der Waals surface area (Å²) in [5, 5.41) is 17.8. The Labute approximate surface area is 257 Å².